The predicted octanol–water partition coefficient (Wildman–Crippen LogP) is 3.51. The number of anilines is 1. The molecule has 1 aromatic carbocycles. The van der Waals surface area contributed by atoms with Crippen LogP contribution in [0.4, 0.5) is 5.69 Å². The molecule has 2 atom stereocenters. The summed E-state index contributed by atoms with van der Waals surface area (Å²) in [5.74, 6) is 0.268. The number of hydrogen-bond acceptors (Lipinski definition) is 2. The second kappa shape index (κ2) is 7.27. The van der Waals surface area contributed by atoms with E-state index in [-0.39, 0.29) is 24.2 Å². The van der Waals surface area contributed by atoms with Gasteiger partial charge in [0.05, 0.1) is 0 Å². The van der Waals surface area contributed by atoms with Gasteiger partial charge in [0.2, 0.25) is 5.91 Å². The molecule has 0 aliphatic carbocycles. The number of rotatable bonds is 2. The van der Waals surface area contributed by atoms with Gasteiger partial charge in [0.25, 0.3) is 0 Å². The molecule has 5 heteroatoms. The maximum absolute atomic E-state index is 12.2. The third-order valence-corrected chi connectivity index (χ3v) is 4.38. The number of carbonyl (C=O) groups excluding carboxylic acids is 1. The second-order valence-electron chi connectivity index (χ2n) is 4.98. The van der Waals surface area contributed by atoms with Crippen molar-refractivity contribution in [3.8, 4) is 0 Å². The normalized spacial score (nSPS) is 22.5. The van der Waals surface area contributed by atoms with Crippen LogP contribution in [0.2, 0.25) is 0 Å². The fraction of sp³-hybridized carbons (Fsp3) is 0.500. The molecule has 0 aromatic heterocycles. The molecule has 0 saturated carbocycles. The number of amides is 1. The number of carbonyl (C=O) groups is 1. The zero-order chi connectivity index (χ0) is 13.1. The molecule has 2 N–H and O–H groups in total. The van der Waals surface area contributed by atoms with Crippen molar-refractivity contribution in [2.45, 2.75) is 32.7 Å². The first-order valence-electron chi connectivity index (χ1n) is 6.37. The highest BCUT2D eigenvalue weighted by atomic mass is 79.9. The topological polar surface area (TPSA) is 41.1 Å². The molecule has 0 unspecified atom stereocenters. The molecule has 106 valence electrons. The summed E-state index contributed by atoms with van der Waals surface area (Å²) >= 11 is 3.48. The first kappa shape index (κ1) is 16.5. The largest absolute Gasteiger partial charge is 0.326 e. The van der Waals surface area contributed by atoms with Gasteiger partial charge in [-0.05, 0) is 50.9 Å². The molecule has 1 heterocycles. The van der Waals surface area contributed by atoms with Crippen molar-refractivity contribution in [2.75, 3.05) is 11.9 Å². The SMILES string of the molecule is Cc1c(Br)cccc1NC(=O)[C@H]1CCN[C@@H](C)C1.Cl. The van der Waals surface area contributed by atoms with Crippen LogP contribution in [0.3, 0.4) is 0 Å². The van der Waals surface area contributed by atoms with Crippen LogP contribution < -0.4 is 10.6 Å². The summed E-state index contributed by atoms with van der Waals surface area (Å²) in [6, 6.07) is 6.30. The summed E-state index contributed by atoms with van der Waals surface area (Å²) in [4.78, 5) is 12.2. The Balaban J connectivity index is 0.00000180. The van der Waals surface area contributed by atoms with E-state index >= 15 is 0 Å². The van der Waals surface area contributed by atoms with E-state index in [4.69, 9.17) is 0 Å². The van der Waals surface area contributed by atoms with E-state index in [1.165, 1.54) is 0 Å². The number of benzene rings is 1. The number of halogens is 2. The van der Waals surface area contributed by atoms with Crippen LogP contribution in [0, 0.1) is 12.8 Å². The van der Waals surface area contributed by atoms with E-state index in [2.05, 4.69) is 33.5 Å². The molecule has 2 rings (SSSR count). The van der Waals surface area contributed by atoms with Crippen LogP contribution in [0.25, 0.3) is 0 Å². The highest BCUT2D eigenvalue weighted by Gasteiger charge is 2.24. The minimum atomic E-state index is 0. The summed E-state index contributed by atoms with van der Waals surface area (Å²) in [5, 5.41) is 6.41. The zero-order valence-corrected chi connectivity index (χ0v) is 13.6. The van der Waals surface area contributed by atoms with E-state index in [9.17, 15) is 4.79 Å². The predicted molar refractivity (Wildman–Crippen MR) is 84.9 cm³/mol. The van der Waals surface area contributed by atoms with Crippen LogP contribution in [-0.2, 0) is 4.79 Å². The lowest BCUT2D eigenvalue weighted by Gasteiger charge is -2.27. The van der Waals surface area contributed by atoms with Gasteiger partial charge in [-0.15, -0.1) is 12.4 Å². The molecule has 1 aliphatic heterocycles. The fourth-order valence-corrected chi connectivity index (χ4v) is 2.71. The molecule has 1 amide bonds. The summed E-state index contributed by atoms with van der Waals surface area (Å²) in [5.41, 5.74) is 1.98. The van der Waals surface area contributed by atoms with E-state index < -0.39 is 0 Å². The van der Waals surface area contributed by atoms with Crippen molar-refractivity contribution < 1.29 is 4.79 Å². The van der Waals surface area contributed by atoms with E-state index in [0.717, 1.165) is 35.1 Å². The Kier molecular flexibility index (Phi) is 6.30. The van der Waals surface area contributed by atoms with Crippen LogP contribution in [-0.4, -0.2) is 18.5 Å². The number of piperidine rings is 1. The molecule has 1 fully saturated rings. The monoisotopic (exact) mass is 346 g/mol. The van der Waals surface area contributed by atoms with Crippen molar-refractivity contribution in [1.82, 2.24) is 5.32 Å². The molecular formula is C14H20BrClN2O. The summed E-state index contributed by atoms with van der Waals surface area (Å²) in [6.45, 7) is 5.06. The molecule has 1 aliphatic rings. The number of hydrogen-bond donors (Lipinski definition) is 2. The summed E-state index contributed by atoms with van der Waals surface area (Å²) < 4.78 is 1.03. The Morgan fingerprint density at radius 1 is 1.47 bits per heavy atom. The van der Waals surface area contributed by atoms with Crippen LogP contribution in [0.5, 0.6) is 0 Å². The average molecular weight is 348 g/mol. The lowest BCUT2D eigenvalue weighted by Crippen LogP contribution is -2.40. The molecule has 0 radical (unpaired) electrons. The summed E-state index contributed by atoms with van der Waals surface area (Å²) in [7, 11) is 0. The Morgan fingerprint density at radius 2 is 2.21 bits per heavy atom. The van der Waals surface area contributed by atoms with Crippen LogP contribution in [0.15, 0.2) is 22.7 Å². The first-order chi connectivity index (χ1) is 8.58. The molecule has 3 nitrogen and oxygen atoms in total. The Labute approximate surface area is 129 Å². The highest BCUT2D eigenvalue weighted by molar-refractivity contribution is 9.10. The minimum Gasteiger partial charge on any atom is -0.326 e. The summed E-state index contributed by atoms with van der Waals surface area (Å²) in [6.07, 6.45) is 1.84. The molecule has 1 saturated heterocycles. The van der Waals surface area contributed by atoms with Crippen molar-refractivity contribution in [3.63, 3.8) is 0 Å². The van der Waals surface area contributed by atoms with Crippen molar-refractivity contribution in [2.24, 2.45) is 5.92 Å². The lowest BCUT2D eigenvalue weighted by molar-refractivity contribution is -0.120. The van der Waals surface area contributed by atoms with Gasteiger partial charge in [-0.2, -0.15) is 0 Å². The van der Waals surface area contributed by atoms with Crippen molar-refractivity contribution >= 4 is 39.9 Å². The molecule has 1 aromatic rings. The smallest absolute Gasteiger partial charge is 0.227 e. The van der Waals surface area contributed by atoms with Gasteiger partial charge in [-0.1, -0.05) is 22.0 Å². The quantitative estimate of drug-likeness (QED) is 0.859. The van der Waals surface area contributed by atoms with Crippen LogP contribution >= 0.6 is 28.3 Å². The van der Waals surface area contributed by atoms with Crippen molar-refractivity contribution in [1.29, 1.82) is 0 Å². The maximum Gasteiger partial charge on any atom is 0.227 e. The highest BCUT2D eigenvalue weighted by Crippen LogP contribution is 2.25. The number of nitrogens with one attached hydrogen (secondary N) is 2. The molecule has 19 heavy (non-hydrogen) atoms. The molecule has 0 spiro atoms. The Hall–Kier alpha value is -0.580. The van der Waals surface area contributed by atoms with E-state index in [1.54, 1.807) is 0 Å². The standard InChI is InChI=1S/C14H19BrN2O.ClH/c1-9-8-11(6-7-16-9)14(18)17-13-5-3-4-12(15)10(13)2;/h3-5,9,11,16H,6-8H2,1-2H3,(H,17,18);1H/t9-,11-;/m0./s1. The maximum atomic E-state index is 12.2. The van der Waals surface area contributed by atoms with Gasteiger partial charge in [-0.25, -0.2) is 0 Å². The zero-order valence-electron chi connectivity index (χ0n) is 11.2. The van der Waals surface area contributed by atoms with E-state index in [1.807, 2.05) is 25.1 Å². The van der Waals surface area contributed by atoms with Gasteiger partial charge in [0.15, 0.2) is 0 Å². The third kappa shape index (κ3) is 4.20. The first-order valence-corrected chi connectivity index (χ1v) is 7.16. The van der Waals surface area contributed by atoms with Gasteiger partial charge < -0.3 is 10.6 Å². The van der Waals surface area contributed by atoms with Gasteiger partial charge >= 0.3 is 0 Å². The van der Waals surface area contributed by atoms with Crippen molar-refractivity contribution in [3.05, 3.63) is 28.2 Å². The Bertz CT molecular complexity index is 453. The average Bonchev–Trinajstić information content (AvgIpc) is 2.35. The molecule has 0 bridgehead atoms. The van der Waals surface area contributed by atoms with Crippen LogP contribution in [0.1, 0.15) is 25.3 Å². The second-order valence-corrected chi connectivity index (χ2v) is 5.83. The minimum absolute atomic E-state index is 0. The molecular weight excluding hydrogens is 328 g/mol. The van der Waals surface area contributed by atoms with Gasteiger partial charge in [0, 0.05) is 22.1 Å². The van der Waals surface area contributed by atoms with E-state index in [0.29, 0.717) is 6.04 Å². The Morgan fingerprint density at radius 3 is 2.89 bits per heavy atom. The fourth-order valence-electron chi connectivity index (χ4n) is 2.35. The lowest BCUT2D eigenvalue weighted by atomic mass is 9.92. The van der Waals surface area contributed by atoms with Gasteiger partial charge in [0.1, 0.15) is 0 Å². The third-order valence-electron chi connectivity index (χ3n) is 3.52. The van der Waals surface area contributed by atoms with Gasteiger partial charge in [-0.3, -0.25) is 4.79 Å².